The van der Waals surface area contributed by atoms with E-state index in [1.165, 1.54) is 48.5 Å². The fraction of sp³-hybridized carbons (Fsp3) is 0.250. The molecule has 31 heavy (non-hydrogen) atoms. The Kier molecular flexibility index (Phi) is 7.17. The van der Waals surface area contributed by atoms with E-state index in [4.69, 9.17) is 9.47 Å². The number of alkyl halides is 2. The lowest BCUT2D eigenvalue weighted by molar-refractivity contribution is -0.0498. The lowest BCUT2D eigenvalue weighted by Gasteiger charge is -2.25. The molecule has 0 amide bonds. The molecule has 0 radical (unpaired) electrons. The molecule has 0 heterocycles. The van der Waals surface area contributed by atoms with E-state index < -0.39 is 23.7 Å². The smallest absolute Gasteiger partial charge is 0.387 e. The number of halogens is 4. The summed E-state index contributed by atoms with van der Waals surface area (Å²) in [4.78, 5) is 0. The van der Waals surface area contributed by atoms with Crippen LogP contribution in [0.3, 0.4) is 0 Å². The summed E-state index contributed by atoms with van der Waals surface area (Å²) in [5, 5.41) is 0. The van der Waals surface area contributed by atoms with E-state index in [0.29, 0.717) is 17.9 Å². The fourth-order valence-electron chi connectivity index (χ4n) is 2.94. The lowest BCUT2D eigenvalue weighted by atomic mass is 9.85. The highest BCUT2D eigenvalue weighted by molar-refractivity contribution is 5.35. The predicted molar refractivity (Wildman–Crippen MR) is 109 cm³/mol. The standard InChI is InChI=1S/C24H22F4O3/c1-24(2,17-4-8-20(9-5-17)31-23(27)28)15-29-14-16-3-12-21(26)22(13-16)30-19-10-6-18(25)7-11-19/h3-13,23H,14-15H2,1-2H3. The van der Waals surface area contributed by atoms with Crippen LogP contribution in [-0.2, 0) is 16.8 Å². The molecule has 7 heteroatoms. The highest BCUT2D eigenvalue weighted by Crippen LogP contribution is 2.28. The van der Waals surface area contributed by atoms with Crippen LogP contribution in [0.5, 0.6) is 17.2 Å². The Bertz CT molecular complexity index is 987. The summed E-state index contributed by atoms with van der Waals surface area (Å²) in [7, 11) is 0. The van der Waals surface area contributed by atoms with Gasteiger partial charge in [0.1, 0.15) is 17.3 Å². The summed E-state index contributed by atoms with van der Waals surface area (Å²) >= 11 is 0. The predicted octanol–water partition coefficient (Wildman–Crippen LogP) is 6.85. The highest BCUT2D eigenvalue weighted by atomic mass is 19.3. The Hall–Kier alpha value is -3.06. The van der Waals surface area contributed by atoms with Gasteiger partial charge in [-0.15, -0.1) is 0 Å². The van der Waals surface area contributed by atoms with Crippen molar-refractivity contribution in [2.24, 2.45) is 0 Å². The maximum atomic E-state index is 14.1. The molecule has 3 aromatic carbocycles. The van der Waals surface area contributed by atoms with Gasteiger partial charge in [-0.25, -0.2) is 8.78 Å². The third-order valence-corrected chi connectivity index (χ3v) is 4.63. The Morgan fingerprint density at radius 3 is 2.13 bits per heavy atom. The van der Waals surface area contributed by atoms with E-state index in [0.717, 1.165) is 5.56 Å². The molecule has 0 spiro atoms. The van der Waals surface area contributed by atoms with E-state index in [-0.39, 0.29) is 18.1 Å². The molecule has 0 N–H and O–H groups in total. The van der Waals surface area contributed by atoms with Gasteiger partial charge >= 0.3 is 6.61 Å². The molecule has 0 aromatic heterocycles. The zero-order valence-electron chi connectivity index (χ0n) is 17.1. The van der Waals surface area contributed by atoms with Crippen molar-refractivity contribution in [2.75, 3.05) is 6.61 Å². The molecule has 0 aliphatic rings. The SMILES string of the molecule is CC(C)(COCc1ccc(F)c(Oc2ccc(F)cc2)c1)c1ccc(OC(F)F)cc1. The average Bonchev–Trinajstić information content (AvgIpc) is 2.72. The van der Waals surface area contributed by atoms with E-state index in [1.807, 2.05) is 13.8 Å². The van der Waals surface area contributed by atoms with Crippen LogP contribution in [0.4, 0.5) is 17.6 Å². The van der Waals surface area contributed by atoms with Gasteiger partial charge in [-0.05, 0) is 59.7 Å². The number of hydrogen-bond donors (Lipinski definition) is 0. The molecule has 0 aliphatic heterocycles. The molecule has 3 rings (SSSR count). The second-order valence-corrected chi connectivity index (χ2v) is 7.60. The number of rotatable bonds is 9. The van der Waals surface area contributed by atoms with Gasteiger partial charge in [-0.3, -0.25) is 0 Å². The molecule has 0 bridgehead atoms. The second kappa shape index (κ2) is 9.83. The van der Waals surface area contributed by atoms with E-state index in [2.05, 4.69) is 4.74 Å². The van der Waals surface area contributed by atoms with Gasteiger partial charge in [-0.2, -0.15) is 8.78 Å². The summed E-state index contributed by atoms with van der Waals surface area (Å²) in [6, 6.07) is 16.1. The van der Waals surface area contributed by atoms with Crippen molar-refractivity contribution >= 4 is 0 Å². The largest absolute Gasteiger partial charge is 0.454 e. The van der Waals surface area contributed by atoms with Gasteiger partial charge in [0.2, 0.25) is 0 Å². The topological polar surface area (TPSA) is 27.7 Å². The quantitative estimate of drug-likeness (QED) is 0.345. The molecule has 0 atom stereocenters. The number of benzene rings is 3. The van der Waals surface area contributed by atoms with E-state index >= 15 is 0 Å². The molecule has 3 aromatic rings. The molecule has 0 aliphatic carbocycles. The normalized spacial score (nSPS) is 11.6. The van der Waals surface area contributed by atoms with Crippen molar-refractivity contribution in [3.8, 4) is 17.2 Å². The van der Waals surface area contributed by atoms with Gasteiger partial charge in [0.25, 0.3) is 0 Å². The first-order valence-corrected chi connectivity index (χ1v) is 9.58. The minimum atomic E-state index is -2.87. The fourth-order valence-corrected chi connectivity index (χ4v) is 2.94. The van der Waals surface area contributed by atoms with Crippen LogP contribution < -0.4 is 9.47 Å². The second-order valence-electron chi connectivity index (χ2n) is 7.60. The first-order valence-electron chi connectivity index (χ1n) is 9.58. The Morgan fingerprint density at radius 2 is 1.48 bits per heavy atom. The third kappa shape index (κ3) is 6.46. The zero-order valence-corrected chi connectivity index (χ0v) is 17.1. The summed E-state index contributed by atoms with van der Waals surface area (Å²) in [6.45, 7) is 1.62. The van der Waals surface area contributed by atoms with Crippen LogP contribution in [0.2, 0.25) is 0 Å². The minimum absolute atomic E-state index is 0.0154. The van der Waals surface area contributed by atoms with Crippen molar-refractivity contribution in [1.82, 2.24) is 0 Å². The Labute approximate surface area is 178 Å². The zero-order chi connectivity index (χ0) is 22.4. The molecule has 3 nitrogen and oxygen atoms in total. The molecule has 0 saturated carbocycles. The van der Waals surface area contributed by atoms with Gasteiger partial charge in [-0.1, -0.05) is 32.0 Å². The van der Waals surface area contributed by atoms with Crippen molar-refractivity contribution in [1.29, 1.82) is 0 Å². The summed E-state index contributed by atoms with van der Waals surface area (Å²) < 4.78 is 67.3. The van der Waals surface area contributed by atoms with Gasteiger partial charge in [0, 0.05) is 5.41 Å². The molecule has 0 fully saturated rings. The number of hydrogen-bond acceptors (Lipinski definition) is 3. The first kappa shape index (κ1) is 22.6. The van der Waals surface area contributed by atoms with Gasteiger partial charge in [0.15, 0.2) is 11.6 Å². The van der Waals surface area contributed by atoms with E-state index in [1.54, 1.807) is 18.2 Å². The van der Waals surface area contributed by atoms with Gasteiger partial charge < -0.3 is 14.2 Å². The van der Waals surface area contributed by atoms with Crippen LogP contribution in [0.25, 0.3) is 0 Å². The highest BCUT2D eigenvalue weighted by Gasteiger charge is 2.21. The average molecular weight is 434 g/mol. The number of ether oxygens (including phenoxy) is 3. The molecular weight excluding hydrogens is 412 g/mol. The third-order valence-electron chi connectivity index (χ3n) is 4.63. The van der Waals surface area contributed by atoms with Crippen LogP contribution in [0.1, 0.15) is 25.0 Å². The van der Waals surface area contributed by atoms with Crippen LogP contribution >= 0.6 is 0 Å². The van der Waals surface area contributed by atoms with Crippen molar-refractivity contribution in [3.05, 3.63) is 89.5 Å². The van der Waals surface area contributed by atoms with Crippen LogP contribution in [-0.4, -0.2) is 13.2 Å². The minimum Gasteiger partial charge on any atom is -0.454 e. The van der Waals surface area contributed by atoms with Crippen LogP contribution in [0, 0.1) is 11.6 Å². The summed E-state index contributed by atoms with van der Waals surface area (Å²) in [6.07, 6.45) is 0. The monoisotopic (exact) mass is 434 g/mol. The van der Waals surface area contributed by atoms with Crippen molar-refractivity contribution in [2.45, 2.75) is 32.5 Å². The summed E-state index contributed by atoms with van der Waals surface area (Å²) in [5.41, 5.74) is 1.21. The Morgan fingerprint density at radius 1 is 0.839 bits per heavy atom. The molecule has 164 valence electrons. The maximum absolute atomic E-state index is 14.1. The van der Waals surface area contributed by atoms with E-state index in [9.17, 15) is 17.6 Å². The lowest BCUT2D eigenvalue weighted by Crippen LogP contribution is -2.24. The van der Waals surface area contributed by atoms with Crippen molar-refractivity contribution < 1.29 is 31.8 Å². The van der Waals surface area contributed by atoms with Crippen molar-refractivity contribution in [3.63, 3.8) is 0 Å². The van der Waals surface area contributed by atoms with Crippen LogP contribution in [0.15, 0.2) is 66.7 Å². The molecule has 0 unspecified atom stereocenters. The Balaban J connectivity index is 1.59. The molecule has 0 saturated heterocycles. The maximum Gasteiger partial charge on any atom is 0.387 e. The first-order chi connectivity index (χ1) is 14.7. The molecular formula is C24H22F4O3. The van der Waals surface area contributed by atoms with Gasteiger partial charge in [0.05, 0.1) is 13.2 Å². The summed E-state index contributed by atoms with van der Waals surface area (Å²) in [5.74, 6) is -0.524.